The number of hydrogen-bond donors (Lipinski definition) is 1. The Morgan fingerprint density at radius 1 is 1.35 bits per heavy atom. The van der Waals surface area contributed by atoms with Crippen LogP contribution in [0.4, 0.5) is 4.39 Å². The molecule has 4 nitrogen and oxygen atoms in total. The fourth-order valence-electron chi connectivity index (χ4n) is 1.32. The summed E-state index contributed by atoms with van der Waals surface area (Å²) in [6, 6.07) is 6.05. The van der Waals surface area contributed by atoms with Crippen molar-refractivity contribution >= 4 is 18.0 Å². The molecular formula is C15H18FNO3. The first-order chi connectivity index (χ1) is 9.49. The van der Waals surface area contributed by atoms with E-state index < -0.39 is 11.8 Å². The van der Waals surface area contributed by atoms with Crippen LogP contribution in [0.5, 0.6) is 0 Å². The van der Waals surface area contributed by atoms with Crippen LogP contribution in [0, 0.1) is 11.7 Å². The first kappa shape index (κ1) is 15.9. The Labute approximate surface area is 117 Å². The van der Waals surface area contributed by atoms with E-state index in [1.807, 2.05) is 13.8 Å². The molecule has 0 spiro atoms. The average Bonchev–Trinajstić information content (AvgIpc) is 2.42. The summed E-state index contributed by atoms with van der Waals surface area (Å²) in [5.74, 6) is -1.14. The van der Waals surface area contributed by atoms with Crippen LogP contribution >= 0.6 is 0 Å². The lowest BCUT2D eigenvalue weighted by molar-refractivity contribution is -0.143. The van der Waals surface area contributed by atoms with Gasteiger partial charge in [-0.1, -0.05) is 32.0 Å². The summed E-state index contributed by atoms with van der Waals surface area (Å²) in [6.45, 7) is 4.11. The molecule has 1 N–H and O–H groups in total. The monoisotopic (exact) mass is 279 g/mol. The largest absolute Gasteiger partial charge is 0.452 e. The smallest absolute Gasteiger partial charge is 0.331 e. The van der Waals surface area contributed by atoms with Crippen LogP contribution in [0.15, 0.2) is 30.3 Å². The van der Waals surface area contributed by atoms with Crippen LogP contribution in [0.25, 0.3) is 6.08 Å². The summed E-state index contributed by atoms with van der Waals surface area (Å²) in [4.78, 5) is 22.7. The van der Waals surface area contributed by atoms with Gasteiger partial charge in [-0.25, -0.2) is 9.18 Å². The molecular weight excluding hydrogens is 261 g/mol. The van der Waals surface area contributed by atoms with E-state index in [9.17, 15) is 14.0 Å². The zero-order valence-corrected chi connectivity index (χ0v) is 11.6. The Morgan fingerprint density at radius 3 is 2.70 bits per heavy atom. The summed E-state index contributed by atoms with van der Waals surface area (Å²) in [5, 5.41) is 2.62. The van der Waals surface area contributed by atoms with Crippen molar-refractivity contribution in [2.75, 3.05) is 13.2 Å². The lowest BCUT2D eigenvalue weighted by atomic mass is 10.2. The van der Waals surface area contributed by atoms with Crippen LogP contribution in [-0.4, -0.2) is 25.0 Å². The van der Waals surface area contributed by atoms with Gasteiger partial charge in [-0.15, -0.1) is 0 Å². The van der Waals surface area contributed by atoms with Gasteiger partial charge < -0.3 is 10.1 Å². The van der Waals surface area contributed by atoms with Crippen molar-refractivity contribution in [3.05, 3.63) is 41.7 Å². The minimum absolute atomic E-state index is 0.286. The Morgan fingerprint density at radius 2 is 2.05 bits per heavy atom. The molecule has 0 bridgehead atoms. The first-order valence-corrected chi connectivity index (χ1v) is 6.35. The first-order valence-electron chi connectivity index (χ1n) is 6.35. The van der Waals surface area contributed by atoms with Gasteiger partial charge in [0.2, 0.25) is 0 Å². The van der Waals surface area contributed by atoms with E-state index in [1.54, 1.807) is 12.1 Å². The van der Waals surface area contributed by atoms with Crippen molar-refractivity contribution in [3.63, 3.8) is 0 Å². The molecule has 0 saturated heterocycles. The van der Waals surface area contributed by atoms with Crippen LogP contribution < -0.4 is 5.32 Å². The number of hydrogen-bond acceptors (Lipinski definition) is 3. The van der Waals surface area contributed by atoms with Crippen LogP contribution in [0.3, 0.4) is 0 Å². The number of benzene rings is 1. The normalized spacial score (nSPS) is 10.8. The van der Waals surface area contributed by atoms with E-state index in [1.165, 1.54) is 18.2 Å². The maximum Gasteiger partial charge on any atom is 0.331 e. The van der Waals surface area contributed by atoms with Gasteiger partial charge >= 0.3 is 5.97 Å². The highest BCUT2D eigenvalue weighted by Gasteiger charge is 2.05. The van der Waals surface area contributed by atoms with Crippen LogP contribution in [0.2, 0.25) is 0 Å². The zero-order valence-electron chi connectivity index (χ0n) is 11.6. The third kappa shape index (κ3) is 6.13. The number of carbonyl (C=O) groups excluding carboxylic acids is 2. The van der Waals surface area contributed by atoms with Crippen LogP contribution in [0.1, 0.15) is 19.4 Å². The fourth-order valence-corrected chi connectivity index (χ4v) is 1.32. The Hall–Kier alpha value is -2.17. The number of esters is 1. The topological polar surface area (TPSA) is 55.4 Å². The number of rotatable bonds is 6. The second-order valence-electron chi connectivity index (χ2n) is 4.66. The fraction of sp³-hybridized carbons (Fsp3) is 0.333. The molecule has 5 heteroatoms. The van der Waals surface area contributed by atoms with Crippen LogP contribution in [-0.2, 0) is 14.3 Å². The van der Waals surface area contributed by atoms with Crippen molar-refractivity contribution in [2.45, 2.75) is 13.8 Å². The zero-order chi connectivity index (χ0) is 15.0. The van der Waals surface area contributed by atoms with Gasteiger partial charge in [0.15, 0.2) is 6.61 Å². The molecule has 0 fully saturated rings. The van der Waals surface area contributed by atoms with Gasteiger partial charge in [0.25, 0.3) is 5.91 Å². The third-order valence-corrected chi connectivity index (χ3v) is 2.36. The van der Waals surface area contributed by atoms with Crippen molar-refractivity contribution in [1.29, 1.82) is 0 Å². The minimum Gasteiger partial charge on any atom is -0.452 e. The van der Waals surface area contributed by atoms with Gasteiger partial charge in [0.05, 0.1) is 0 Å². The molecule has 0 saturated carbocycles. The molecule has 0 aliphatic rings. The number of ether oxygens (including phenoxy) is 1. The standard InChI is InChI=1S/C15H18FNO3/c1-11(2)9-17-14(18)10-20-15(19)8-7-12-5-3-4-6-13(12)16/h3-8,11H,9-10H2,1-2H3,(H,17,18)/b8-7+. The molecule has 0 atom stereocenters. The minimum atomic E-state index is -0.687. The van der Waals surface area contributed by atoms with Crippen molar-refractivity contribution in [3.8, 4) is 0 Å². The lowest BCUT2D eigenvalue weighted by Crippen LogP contribution is -2.31. The molecule has 108 valence electrons. The van der Waals surface area contributed by atoms with E-state index in [-0.39, 0.29) is 18.1 Å². The Kier molecular flexibility index (Phi) is 6.43. The van der Waals surface area contributed by atoms with E-state index in [0.29, 0.717) is 12.5 Å². The molecule has 0 aromatic heterocycles. The maximum atomic E-state index is 13.3. The Bertz CT molecular complexity index is 498. The van der Waals surface area contributed by atoms with E-state index in [0.717, 1.165) is 6.08 Å². The van der Waals surface area contributed by atoms with Gasteiger partial charge in [-0.3, -0.25) is 4.79 Å². The second kappa shape index (κ2) is 8.09. The SMILES string of the molecule is CC(C)CNC(=O)COC(=O)/C=C/c1ccccc1F. The molecule has 20 heavy (non-hydrogen) atoms. The van der Waals surface area contributed by atoms with E-state index in [4.69, 9.17) is 4.74 Å². The molecule has 1 aromatic rings. The third-order valence-electron chi connectivity index (χ3n) is 2.36. The predicted octanol–water partition coefficient (Wildman–Crippen LogP) is 2.15. The average molecular weight is 279 g/mol. The summed E-state index contributed by atoms with van der Waals surface area (Å²) < 4.78 is 18.0. The van der Waals surface area contributed by atoms with Crippen molar-refractivity contribution < 1.29 is 18.7 Å². The number of carbonyl (C=O) groups is 2. The quantitative estimate of drug-likeness (QED) is 0.641. The summed E-state index contributed by atoms with van der Waals surface area (Å²) in [5.41, 5.74) is 0.286. The number of nitrogens with one attached hydrogen (secondary N) is 1. The van der Waals surface area contributed by atoms with Gasteiger partial charge in [-0.05, 0) is 18.1 Å². The van der Waals surface area contributed by atoms with Gasteiger partial charge in [0.1, 0.15) is 5.82 Å². The number of halogens is 1. The van der Waals surface area contributed by atoms with E-state index >= 15 is 0 Å². The molecule has 0 radical (unpaired) electrons. The second-order valence-corrected chi connectivity index (χ2v) is 4.66. The van der Waals surface area contributed by atoms with Crippen molar-refractivity contribution in [2.24, 2.45) is 5.92 Å². The molecule has 1 aromatic carbocycles. The number of amides is 1. The highest BCUT2D eigenvalue weighted by Crippen LogP contribution is 2.08. The van der Waals surface area contributed by atoms with Gasteiger partial charge in [-0.2, -0.15) is 0 Å². The molecule has 0 aliphatic carbocycles. The highest BCUT2D eigenvalue weighted by molar-refractivity contribution is 5.89. The molecule has 1 amide bonds. The van der Waals surface area contributed by atoms with Crippen molar-refractivity contribution in [1.82, 2.24) is 5.32 Å². The highest BCUT2D eigenvalue weighted by atomic mass is 19.1. The molecule has 0 heterocycles. The summed E-state index contributed by atoms with van der Waals surface area (Å²) >= 11 is 0. The molecule has 0 aliphatic heterocycles. The summed E-state index contributed by atoms with van der Waals surface area (Å²) in [6.07, 6.45) is 2.40. The predicted molar refractivity (Wildman–Crippen MR) is 74.2 cm³/mol. The summed E-state index contributed by atoms with van der Waals surface area (Å²) in [7, 11) is 0. The van der Waals surface area contributed by atoms with Gasteiger partial charge in [0, 0.05) is 18.2 Å². The van der Waals surface area contributed by atoms with E-state index in [2.05, 4.69) is 5.32 Å². The maximum absolute atomic E-state index is 13.3. The molecule has 1 rings (SSSR count). The molecule has 0 unspecified atom stereocenters. The lowest BCUT2D eigenvalue weighted by Gasteiger charge is -2.07. The Balaban J connectivity index is 2.37.